The number of hydrogen-bond acceptors (Lipinski definition) is 2. The lowest BCUT2D eigenvalue weighted by Gasteiger charge is -2.24. The Morgan fingerprint density at radius 2 is 2.05 bits per heavy atom. The van der Waals surface area contributed by atoms with Crippen molar-refractivity contribution in [1.82, 2.24) is 9.88 Å². The fraction of sp³-hybridized carbons (Fsp3) is 0.312. The molecule has 0 saturated carbocycles. The number of hydrogen-bond donors (Lipinski definition) is 0. The molecule has 98 valence electrons. The summed E-state index contributed by atoms with van der Waals surface area (Å²) in [5.74, 6) is -0.170. The molecular formula is C16H17FN2. The topological polar surface area (TPSA) is 16.1 Å². The first-order valence-electron chi connectivity index (χ1n) is 6.57. The van der Waals surface area contributed by atoms with Gasteiger partial charge >= 0.3 is 0 Å². The molecule has 0 atom stereocenters. The third kappa shape index (κ3) is 2.38. The highest BCUT2D eigenvalue weighted by atomic mass is 19.1. The molecule has 1 aliphatic heterocycles. The molecule has 0 aliphatic carbocycles. The van der Waals surface area contributed by atoms with Gasteiger partial charge in [0.05, 0.1) is 5.69 Å². The summed E-state index contributed by atoms with van der Waals surface area (Å²) < 4.78 is 13.6. The Bertz CT molecular complexity index is 622. The zero-order valence-electron chi connectivity index (χ0n) is 11.3. The second kappa shape index (κ2) is 4.74. The molecule has 0 N–H and O–H groups in total. The van der Waals surface area contributed by atoms with Crippen LogP contribution < -0.4 is 0 Å². The Kier molecular flexibility index (Phi) is 3.07. The number of pyridine rings is 1. The van der Waals surface area contributed by atoms with Crippen LogP contribution in [-0.4, -0.2) is 23.5 Å². The van der Waals surface area contributed by atoms with Gasteiger partial charge in [0.1, 0.15) is 5.82 Å². The number of halogens is 1. The average molecular weight is 256 g/mol. The van der Waals surface area contributed by atoms with E-state index in [9.17, 15) is 4.39 Å². The zero-order valence-corrected chi connectivity index (χ0v) is 11.3. The lowest BCUT2D eigenvalue weighted by atomic mass is 10.0. The first kappa shape index (κ1) is 12.3. The van der Waals surface area contributed by atoms with E-state index in [1.165, 1.54) is 5.56 Å². The van der Waals surface area contributed by atoms with Crippen LogP contribution in [0.5, 0.6) is 0 Å². The lowest BCUT2D eigenvalue weighted by Crippen LogP contribution is -2.27. The van der Waals surface area contributed by atoms with Crippen LogP contribution in [0.25, 0.3) is 11.3 Å². The molecule has 0 saturated heterocycles. The summed E-state index contributed by atoms with van der Waals surface area (Å²) in [5.41, 5.74) is 4.82. The molecule has 1 aromatic carbocycles. The van der Waals surface area contributed by atoms with E-state index < -0.39 is 0 Å². The monoisotopic (exact) mass is 256 g/mol. The SMILES string of the molecule is Cc1ccc(-c2ccc3c(n2)CCN(C)C3)cc1F. The second-order valence-corrected chi connectivity index (χ2v) is 5.25. The van der Waals surface area contributed by atoms with Crippen molar-refractivity contribution in [2.24, 2.45) is 0 Å². The Hall–Kier alpha value is -1.74. The first-order chi connectivity index (χ1) is 9.13. The molecule has 0 unspecified atom stereocenters. The van der Waals surface area contributed by atoms with Crippen LogP contribution in [0.1, 0.15) is 16.8 Å². The van der Waals surface area contributed by atoms with Crippen molar-refractivity contribution >= 4 is 0 Å². The Labute approximate surface area is 112 Å². The number of nitrogens with zero attached hydrogens (tertiary/aromatic N) is 2. The summed E-state index contributed by atoms with van der Waals surface area (Å²) in [6.45, 7) is 3.76. The molecule has 19 heavy (non-hydrogen) atoms. The van der Waals surface area contributed by atoms with E-state index in [4.69, 9.17) is 4.98 Å². The number of likely N-dealkylation sites (N-methyl/N-ethyl adjacent to an activating group) is 1. The molecule has 0 fully saturated rings. The third-order valence-corrected chi connectivity index (χ3v) is 3.71. The molecule has 2 nitrogen and oxygen atoms in total. The molecule has 0 bridgehead atoms. The minimum Gasteiger partial charge on any atom is -0.302 e. The number of aromatic nitrogens is 1. The van der Waals surface area contributed by atoms with Gasteiger partial charge in [0, 0.05) is 30.8 Å². The second-order valence-electron chi connectivity index (χ2n) is 5.25. The van der Waals surface area contributed by atoms with E-state index in [1.807, 2.05) is 12.1 Å². The van der Waals surface area contributed by atoms with Gasteiger partial charge < -0.3 is 4.90 Å². The summed E-state index contributed by atoms with van der Waals surface area (Å²) in [6.07, 6.45) is 0.966. The van der Waals surface area contributed by atoms with Crippen LogP contribution in [0.3, 0.4) is 0 Å². The molecule has 2 heterocycles. The van der Waals surface area contributed by atoms with E-state index in [0.717, 1.165) is 36.5 Å². The molecule has 3 heteroatoms. The maximum absolute atomic E-state index is 13.6. The third-order valence-electron chi connectivity index (χ3n) is 3.71. The minimum atomic E-state index is -0.170. The van der Waals surface area contributed by atoms with Gasteiger partial charge in [-0.3, -0.25) is 4.98 Å². The Morgan fingerprint density at radius 1 is 1.21 bits per heavy atom. The van der Waals surface area contributed by atoms with Crippen LogP contribution in [0, 0.1) is 12.7 Å². The number of rotatable bonds is 1. The highest BCUT2D eigenvalue weighted by molar-refractivity contribution is 5.60. The molecule has 1 aromatic heterocycles. The van der Waals surface area contributed by atoms with Crippen LogP contribution in [0.4, 0.5) is 4.39 Å². The van der Waals surface area contributed by atoms with E-state index in [0.29, 0.717) is 5.56 Å². The molecule has 0 amide bonds. The van der Waals surface area contributed by atoms with Gasteiger partial charge in [-0.05, 0) is 37.2 Å². The van der Waals surface area contributed by atoms with Crippen molar-refractivity contribution in [3.8, 4) is 11.3 Å². The van der Waals surface area contributed by atoms with Crippen molar-refractivity contribution in [2.75, 3.05) is 13.6 Å². The van der Waals surface area contributed by atoms with E-state index in [-0.39, 0.29) is 5.82 Å². The summed E-state index contributed by atoms with van der Waals surface area (Å²) >= 11 is 0. The summed E-state index contributed by atoms with van der Waals surface area (Å²) in [5, 5.41) is 0. The normalized spacial score (nSPS) is 15.3. The van der Waals surface area contributed by atoms with Gasteiger partial charge in [-0.25, -0.2) is 4.39 Å². The predicted molar refractivity (Wildman–Crippen MR) is 74.4 cm³/mol. The van der Waals surface area contributed by atoms with Crippen molar-refractivity contribution < 1.29 is 4.39 Å². The van der Waals surface area contributed by atoms with Gasteiger partial charge in [0.2, 0.25) is 0 Å². The van der Waals surface area contributed by atoms with Gasteiger partial charge in [0.15, 0.2) is 0 Å². The molecule has 0 spiro atoms. The van der Waals surface area contributed by atoms with Crippen molar-refractivity contribution in [1.29, 1.82) is 0 Å². The molecular weight excluding hydrogens is 239 g/mol. The highest BCUT2D eigenvalue weighted by Crippen LogP contribution is 2.24. The Morgan fingerprint density at radius 3 is 2.84 bits per heavy atom. The number of benzene rings is 1. The van der Waals surface area contributed by atoms with Gasteiger partial charge in [-0.15, -0.1) is 0 Å². The van der Waals surface area contributed by atoms with Gasteiger partial charge in [-0.1, -0.05) is 18.2 Å². The van der Waals surface area contributed by atoms with E-state index >= 15 is 0 Å². The lowest BCUT2D eigenvalue weighted by molar-refractivity contribution is 0.310. The summed E-state index contributed by atoms with van der Waals surface area (Å²) in [4.78, 5) is 6.98. The maximum atomic E-state index is 13.6. The van der Waals surface area contributed by atoms with Crippen LogP contribution in [-0.2, 0) is 13.0 Å². The summed E-state index contributed by atoms with van der Waals surface area (Å²) in [6, 6.07) is 9.41. The predicted octanol–water partition coefficient (Wildman–Crippen LogP) is 3.18. The standard InChI is InChI=1S/C16H17FN2/c1-11-3-4-12(9-14(11)17)15-6-5-13-10-19(2)8-7-16(13)18-15/h3-6,9H,7-8,10H2,1-2H3. The molecule has 3 rings (SSSR count). The summed E-state index contributed by atoms with van der Waals surface area (Å²) in [7, 11) is 2.12. The molecule has 1 aliphatic rings. The van der Waals surface area contributed by atoms with Crippen LogP contribution in [0.15, 0.2) is 30.3 Å². The number of fused-ring (bicyclic) bond motifs is 1. The zero-order chi connectivity index (χ0) is 13.4. The largest absolute Gasteiger partial charge is 0.302 e. The van der Waals surface area contributed by atoms with E-state index in [1.54, 1.807) is 19.1 Å². The Balaban J connectivity index is 2.00. The first-order valence-corrected chi connectivity index (χ1v) is 6.57. The fourth-order valence-corrected chi connectivity index (χ4v) is 2.47. The van der Waals surface area contributed by atoms with Gasteiger partial charge in [-0.2, -0.15) is 0 Å². The molecule has 2 aromatic rings. The maximum Gasteiger partial charge on any atom is 0.126 e. The van der Waals surface area contributed by atoms with Crippen molar-refractivity contribution in [3.05, 3.63) is 53.0 Å². The van der Waals surface area contributed by atoms with Crippen molar-refractivity contribution in [2.45, 2.75) is 19.9 Å². The van der Waals surface area contributed by atoms with Crippen molar-refractivity contribution in [3.63, 3.8) is 0 Å². The average Bonchev–Trinajstić information content (AvgIpc) is 2.41. The van der Waals surface area contributed by atoms with Crippen LogP contribution in [0.2, 0.25) is 0 Å². The number of aryl methyl sites for hydroxylation is 1. The molecule has 0 radical (unpaired) electrons. The smallest absolute Gasteiger partial charge is 0.126 e. The minimum absolute atomic E-state index is 0.170. The highest BCUT2D eigenvalue weighted by Gasteiger charge is 2.15. The van der Waals surface area contributed by atoms with E-state index in [2.05, 4.69) is 18.0 Å². The quantitative estimate of drug-likeness (QED) is 0.779. The van der Waals surface area contributed by atoms with Gasteiger partial charge in [0.25, 0.3) is 0 Å². The van der Waals surface area contributed by atoms with Crippen LogP contribution >= 0.6 is 0 Å². The fourth-order valence-electron chi connectivity index (χ4n) is 2.47.